The third-order valence-corrected chi connectivity index (χ3v) is 3.11. The van der Waals surface area contributed by atoms with Crippen molar-refractivity contribution in [1.29, 1.82) is 0 Å². The summed E-state index contributed by atoms with van der Waals surface area (Å²) in [6.45, 7) is 0. The Balaban J connectivity index is 2.27. The third-order valence-electron chi connectivity index (χ3n) is 3.11. The molecule has 1 heterocycles. The van der Waals surface area contributed by atoms with E-state index >= 15 is 0 Å². The van der Waals surface area contributed by atoms with Crippen LogP contribution in [0, 0.1) is 0 Å². The fourth-order valence-corrected chi connectivity index (χ4v) is 1.83. The van der Waals surface area contributed by atoms with Crippen molar-refractivity contribution in [3.63, 3.8) is 0 Å². The Labute approximate surface area is 128 Å². The van der Waals surface area contributed by atoms with E-state index in [4.69, 9.17) is 9.57 Å². The molecule has 7 heteroatoms. The molecule has 0 aliphatic rings. The first-order chi connectivity index (χ1) is 10.6. The number of oxime groups is 1. The second kappa shape index (κ2) is 7.26. The number of nitrogens with one attached hydrogen (secondary N) is 1. The van der Waals surface area contributed by atoms with Gasteiger partial charge in [-0.25, -0.2) is 9.78 Å². The van der Waals surface area contributed by atoms with Gasteiger partial charge in [0.2, 0.25) is 0 Å². The quantitative estimate of drug-likeness (QED) is 0.518. The van der Waals surface area contributed by atoms with Gasteiger partial charge in [0.25, 0.3) is 0 Å². The highest BCUT2D eigenvalue weighted by Crippen LogP contribution is 2.14. The first-order valence-corrected chi connectivity index (χ1v) is 6.70. The van der Waals surface area contributed by atoms with Crippen LogP contribution in [0.5, 0.6) is 5.75 Å². The van der Waals surface area contributed by atoms with Gasteiger partial charge in [-0.3, -0.25) is 4.84 Å². The molecule has 0 aliphatic heterocycles. The molecule has 0 saturated heterocycles. The molecule has 7 nitrogen and oxygen atoms in total. The lowest BCUT2D eigenvalue weighted by Crippen LogP contribution is -2.18. The lowest BCUT2D eigenvalue weighted by atomic mass is 10.1. The van der Waals surface area contributed by atoms with Gasteiger partial charge in [0.15, 0.2) is 0 Å². The number of aryl methyl sites for hydroxylation is 1. The average Bonchev–Trinajstić information content (AvgIpc) is 2.96. The van der Waals surface area contributed by atoms with Crippen LogP contribution in [0.15, 0.2) is 41.8 Å². The Morgan fingerprint density at radius 1 is 1.36 bits per heavy atom. The van der Waals surface area contributed by atoms with E-state index in [0.717, 1.165) is 17.1 Å². The highest BCUT2D eigenvalue weighted by atomic mass is 16.7. The van der Waals surface area contributed by atoms with E-state index in [2.05, 4.69) is 15.5 Å². The predicted octanol–water partition coefficient (Wildman–Crippen LogP) is 1.73. The molecule has 2 rings (SSSR count). The number of carbonyl (C=O) groups excluding carboxylic acids is 1. The number of imidazole rings is 1. The number of hydrogen-bond donors (Lipinski definition) is 1. The van der Waals surface area contributed by atoms with Crippen LogP contribution in [0.4, 0.5) is 4.79 Å². The summed E-state index contributed by atoms with van der Waals surface area (Å²) in [5.41, 5.74) is 1.42. The smallest absolute Gasteiger partial charge is 0.433 e. The third kappa shape index (κ3) is 3.85. The molecule has 116 valence electrons. The summed E-state index contributed by atoms with van der Waals surface area (Å²) >= 11 is 0. The molecular weight excluding hydrogens is 284 g/mol. The Hall–Kier alpha value is -2.83. The van der Waals surface area contributed by atoms with E-state index in [1.165, 1.54) is 7.05 Å². The van der Waals surface area contributed by atoms with Crippen LogP contribution in [-0.2, 0) is 18.3 Å². The van der Waals surface area contributed by atoms with Crippen molar-refractivity contribution in [3.8, 4) is 5.75 Å². The van der Waals surface area contributed by atoms with Crippen molar-refractivity contribution in [2.24, 2.45) is 12.2 Å². The van der Waals surface area contributed by atoms with Gasteiger partial charge < -0.3 is 14.6 Å². The Bertz CT molecular complexity index is 662. The molecule has 1 aromatic heterocycles. The minimum absolute atomic E-state index is 0.437. The van der Waals surface area contributed by atoms with Crippen LogP contribution in [0.3, 0.4) is 0 Å². The molecule has 0 fully saturated rings. The summed E-state index contributed by atoms with van der Waals surface area (Å²) in [5, 5.41) is 6.30. The summed E-state index contributed by atoms with van der Waals surface area (Å²) in [6, 6.07) is 7.36. The number of carbonyl (C=O) groups is 1. The first kappa shape index (κ1) is 15.6. The molecule has 1 amide bonds. The van der Waals surface area contributed by atoms with Crippen LogP contribution < -0.4 is 10.1 Å². The van der Waals surface area contributed by atoms with E-state index in [1.807, 2.05) is 42.1 Å². The lowest BCUT2D eigenvalue weighted by Gasteiger charge is -2.08. The van der Waals surface area contributed by atoms with Gasteiger partial charge in [-0.05, 0) is 24.3 Å². The minimum atomic E-state index is -0.620. The molecule has 0 unspecified atom stereocenters. The molecule has 0 aliphatic carbocycles. The molecular formula is C15H18N4O3. The monoisotopic (exact) mass is 302 g/mol. The molecule has 2 aromatic rings. The molecule has 0 saturated carbocycles. The number of benzene rings is 1. The number of methoxy groups -OCH3 is 1. The molecule has 0 bridgehead atoms. The van der Waals surface area contributed by atoms with Gasteiger partial charge in [0.05, 0.1) is 19.2 Å². The molecule has 0 atom stereocenters. The largest absolute Gasteiger partial charge is 0.497 e. The highest BCUT2D eigenvalue weighted by Gasteiger charge is 2.11. The van der Waals surface area contributed by atoms with Crippen LogP contribution in [0.1, 0.15) is 11.4 Å². The second-order valence-electron chi connectivity index (χ2n) is 4.53. The standard InChI is InChI=1S/C15H18N4O3/c1-16-15(20)22-18-13(10-14-17-8-9-19(14)2)11-4-6-12(21-3)7-5-11/h4-9H,10H2,1-3H3,(H,16,20)/b18-13-. The molecule has 0 radical (unpaired) electrons. The zero-order valence-corrected chi connectivity index (χ0v) is 12.7. The van der Waals surface area contributed by atoms with E-state index in [-0.39, 0.29) is 0 Å². The van der Waals surface area contributed by atoms with Gasteiger partial charge in [0.1, 0.15) is 11.6 Å². The zero-order valence-electron chi connectivity index (χ0n) is 12.7. The van der Waals surface area contributed by atoms with Crippen molar-refractivity contribution in [1.82, 2.24) is 14.9 Å². The molecule has 1 N–H and O–H groups in total. The van der Waals surface area contributed by atoms with Crippen molar-refractivity contribution in [2.45, 2.75) is 6.42 Å². The normalized spacial score (nSPS) is 11.1. The molecule has 22 heavy (non-hydrogen) atoms. The van der Waals surface area contributed by atoms with Crippen molar-refractivity contribution < 1.29 is 14.4 Å². The van der Waals surface area contributed by atoms with Crippen LogP contribution in [0.25, 0.3) is 0 Å². The summed E-state index contributed by atoms with van der Waals surface area (Å²) in [6.07, 6.45) is 3.37. The van der Waals surface area contributed by atoms with Crippen molar-refractivity contribution in [2.75, 3.05) is 14.2 Å². The summed E-state index contributed by atoms with van der Waals surface area (Å²) in [5.74, 6) is 1.56. The summed E-state index contributed by atoms with van der Waals surface area (Å²) in [4.78, 5) is 20.3. The van der Waals surface area contributed by atoms with Crippen molar-refractivity contribution >= 4 is 11.8 Å². The van der Waals surface area contributed by atoms with Gasteiger partial charge >= 0.3 is 6.09 Å². The lowest BCUT2D eigenvalue weighted by molar-refractivity contribution is 0.153. The van der Waals surface area contributed by atoms with Gasteiger partial charge in [0, 0.05) is 32.1 Å². The highest BCUT2D eigenvalue weighted by molar-refractivity contribution is 6.01. The maximum Gasteiger partial charge on any atom is 0.433 e. The van der Waals surface area contributed by atoms with Crippen LogP contribution in [-0.4, -0.2) is 35.5 Å². The average molecular weight is 302 g/mol. The predicted molar refractivity (Wildman–Crippen MR) is 82.0 cm³/mol. The second-order valence-corrected chi connectivity index (χ2v) is 4.53. The Kier molecular flexibility index (Phi) is 5.13. The van der Waals surface area contributed by atoms with E-state index < -0.39 is 6.09 Å². The van der Waals surface area contributed by atoms with Crippen molar-refractivity contribution in [3.05, 3.63) is 48.0 Å². The SMILES string of the molecule is CNC(=O)O/N=C(/Cc1nccn1C)c1ccc(OC)cc1. The van der Waals surface area contributed by atoms with E-state index in [0.29, 0.717) is 12.1 Å². The van der Waals surface area contributed by atoms with Gasteiger partial charge in [-0.15, -0.1) is 0 Å². The number of rotatable bonds is 5. The topological polar surface area (TPSA) is 77.7 Å². The van der Waals surface area contributed by atoms with E-state index in [1.54, 1.807) is 13.3 Å². The fraction of sp³-hybridized carbons (Fsp3) is 0.267. The van der Waals surface area contributed by atoms with E-state index in [9.17, 15) is 4.79 Å². The van der Waals surface area contributed by atoms with Gasteiger partial charge in [-0.1, -0.05) is 5.16 Å². The number of amides is 1. The number of hydrogen-bond acceptors (Lipinski definition) is 5. The molecule has 1 aromatic carbocycles. The number of aromatic nitrogens is 2. The number of nitrogens with zero attached hydrogens (tertiary/aromatic N) is 3. The van der Waals surface area contributed by atoms with Gasteiger partial charge in [-0.2, -0.15) is 0 Å². The fourth-order valence-electron chi connectivity index (χ4n) is 1.83. The Morgan fingerprint density at radius 2 is 2.09 bits per heavy atom. The minimum Gasteiger partial charge on any atom is -0.497 e. The molecule has 0 spiro atoms. The summed E-state index contributed by atoms with van der Waals surface area (Å²) in [7, 11) is 4.98. The Morgan fingerprint density at radius 3 is 2.64 bits per heavy atom. The van der Waals surface area contributed by atoms with Crippen LogP contribution in [0.2, 0.25) is 0 Å². The maximum atomic E-state index is 11.2. The summed E-state index contributed by atoms with van der Waals surface area (Å²) < 4.78 is 7.03. The first-order valence-electron chi connectivity index (χ1n) is 6.70. The maximum absolute atomic E-state index is 11.2. The number of ether oxygens (including phenoxy) is 1. The van der Waals surface area contributed by atoms with Crippen LogP contribution >= 0.6 is 0 Å². The zero-order chi connectivity index (χ0) is 15.9.